The summed E-state index contributed by atoms with van der Waals surface area (Å²) in [6, 6.07) is 36.9. The summed E-state index contributed by atoms with van der Waals surface area (Å²) in [5.41, 5.74) is 7.26. The molecule has 12 rings (SSSR count). The highest BCUT2D eigenvalue weighted by atomic mass is 16.5. The Morgan fingerprint density at radius 1 is 0.436 bits per heavy atom. The van der Waals surface area contributed by atoms with Crippen LogP contribution in [0.5, 0.6) is 11.5 Å². The predicted molar refractivity (Wildman–Crippen MR) is 285 cm³/mol. The van der Waals surface area contributed by atoms with E-state index < -0.39 is 64.8 Å². The number of aryl methyl sites for hydroxylation is 3. The van der Waals surface area contributed by atoms with Gasteiger partial charge in [-0.25, -0.2) is 14.7 Å². The summed E-state index contributed by atoms with van der Waals surface area (Å²) in [6.07, 6.45) is 5.18. The SMILES string of the molecule is Cc1ccc(Cc2ccc(N3C(=O)c4ccc(C(=O)c5ccc6c(c5)C(=O)N(c5ccc(Oc7ccc(N8C(=O)c9ccc(C(=O)C%10=CC%11C(=O)N(C)C(=O)C%11C=C%10)cc9C8=O)cc7)cc5)C6=O)cc4C3=O)c(C)c2)cc1C. The number of fused-ring (bicyclic) bond motifs is 4. The third-order valence-corrected chi connectivity index (χ3v) is 15.1. The lowest BCUT2D eigenvalue weighted by atomic mass is 9.85. The summed E-state index contributed by atoms with van der Waals surface area (Å²) in [6.45, 7) is 5.98. The summed E-state index contributed by atoms with van der Waals surface area (Å²) in [4.78, 5) is 139. The smallest absolute Gasteiger partial charge is 0.266 e. The highest BCUT2D eigenvalue weighted by molar-refractivity contribution is 6.37. The highest BCUT2D eigenvalue weighted by Gasteiger charge is 2.46. The van der Waals surface area contributed by atoms with Crippen LogP contribution >= 0.6 is 0 Å². The molecule has 380 valence electrons. The van der Waals surface area contributed by atoms with Gasteiger partial charge in [0, 0.05) is 29.3 Å². The van der Waals surface area contributed by atoms with Gasteiger partial charge in [-0.15, -0.1) is 0 Å². The number of amides is 8. The second kappa shape index (κ2) is 18.2. The van der Waals surface area contributed by atoms with Crippen LogP contribution in [0.4, 0.5) is 17.1 Å². The maximum absolute atomic E-state index is 14.0. The molecule has 1 saturated heterocycles. The summed E-state index contributed by atoms with van der Waals surface area (Å²) >= 11 is 0. The van der Waals surface area contributed by atoms with E-state index in [0.717, 1.165) is 36.3 Å². The van der Waals surface area contributed by atoms with Gasteiger partial charge < -0.3 is 4.74 Å². The van der Waals surface area contributed by atoms with Crippen LogP contribution in [0.25, 0.3) is 0 Å². The number of likely N-dealkylation sites (tertiary alicyclic amines) is 1. The molecule has 15 heteroatoms. The van der Waals surface area contributed by atoms with E-state index in [2.05, 4.69) is 32.0 Å². The quantitative estimate of drug-likeness (QED) is 0.0885. The molecule has 5 aliphatic rings. The molecule has 2 atom stereocenters. The van der Waals surface area contributed by atoms with Crippen LogP contribution < -0.4 is 19.4 Å². The van der Waals surface area contributed by atoms with Gasteiger partial charge in [0.05, 0.1) is 62.3 Å². The number of benzene rings is 7. The van der Waals surface area contributed by atoms with E-state index in [4.69, 9.17) is 4.74 Å². The molecule has 0 bridgehead atoms. The second-order valence-corrected chi connectivity index (χ2v) is 19.9. The number of rotatable bonds is 11. The van der Waals surface area contributed by atoms with Crippen molar-refractivity contribution < 1.29 is 52.7 Å². The summed E-state index contributed by atoms with van der Waals surface area (Å²) in [7, 11) is 1.40. The minimum atomic E-state index is -0.794. The van der Waals surface area contributed by atoms with Crippen molar-refractivity contribution in [3.63, 3.8) is 0 Å². The Balaban J connectivity index is 0.691. The van der Waals surface area contributed by atoms with E-state index in [1.165, 1.54) is 115 Å². The third kappa shape index (κ3) is 7.81. The van der Waals surface area contributed by atoms with Crippen molar-refractivity contribution in [2.24, 2.45) is 11.8 Å². The van der Waals surface area contributed by atoms with E-state index in [1.54, 1.807) is 30.3 Å². The third-order valence-electron chi connectivity index (χ3n) is 15.1. The van der Waals surface area contributed by atoms with Crippen molar-refractivity contribution in [3.8, 4) is 11.5 Å². The number of imide groups is 4. The number of allylic oxidation sites excluding steroid dienone is 2. The Morgan fingerprint density at radius 3 is 1.37 bits per heavy atom. The fourth-order valence-corrected chi connectivity index (χ4v) is 10.7. The van der Waals surface area contributed by atoms with Gasteiger partial charge in [0.25, 0.3) is 35.4 Å². The van der Waals surface area contributed by atoms with E-state index in [9.17, 15) is 47.9 Å². The largest absolute Gasteiger partial charge is 0.457 e. The summed E-state index contributed by atoms with van der Waals surface area (Å²) < 4.78 is 6.03. The van der Waals surface area contributed by atoms with E-state index in [0.29, 0.717) is 23.6 Å². The van der Waals surface area contributed by atoms with Gasteiger partial charge in [-0.05, 0) is 146 Å². The number of carbonyl (C=O) groups is 10. The molecule has 7 aromatic carbocycles. The van der Waals surface area contributed by atoms with Gasteiger partial charge in [-0.3, -0.25) is 52.8 Å². The Bertz CT molecular complexity index is 4040. The lowest BCUT2D eigenvalue weighted by Gasteiger charge is -2.17. The molecule has 4 aliphatic heterocycles. The van der Waals surface area contributed by atoms with Gasteiger partial charge in [-0.2, -0.15) is 0 Å². The van der Waals surface area contributed by atoms with Crippen LogP contribution in [0.1, 0.15) is 116 Å². The molecule has 7 aromatic rings. The van der Waals surface area contributed by atoms with Gasteiger partial charge in [0.1, 0.15) is 11.5 Å². The van der Waals surface area contributed by atoms with Crippen LogP contribution in [0.3, 0.4) is 0 Å². The average molecular weight is 1030 g/mol. The van der Waals surface area contributed by atoms with Crippen molar-refractivity contribution in [2.75, 3.05) is 21.7 Å². The number of hydrogen-bond acceptors (Lipinski definition) is 11. The van der Waals surface area contributed by atoms with Crippen LogP contribution in [-0.4, -0.2) is 70.8 Å². The first-order valence-electron chi connectivity index (χ1n) is 24.9. The molecular weight excluding hydrogens is 989 g/mol. The number of ketones is 2. The van der Waals surface area contributed by atoms with Crippen molar-refractivity contribution >= 4 is 75.9 Å². The minimum Gasteiger partial charge on any atom is -0.457 e. The predicted octanol–water partition coefficient (Wildman–Crippen LogP) is 9.54. The van der Waals surface area contributed by atoms with Crippen LogP contribution in [0.2, 0.25) is 0 Å². The zero-order valence-electron chi connectivity index (χ0n) is 42.2. The Hall–Kier alpha value is -10.3. The van der Waals surface area contributed by atoms with E-state index >= 15 is 0 Å². The molecule has 0 N–H and O–H groups in total. The number of hydrogen-bond donors (Lipinski definition) is 0. The number of anilines is 3. The molecule has 15 nitrogen and oxygen atoms in total. The Kier molecular flexibility index (Phi) is 11.4. The first-order chi connectivity index (χ1) is 37.4. The fourth-order valence-electron chi connectivity index (χ4n) is 10.7. The molecular formula is C63H42N4O11. The van der Waals surface area contributed by atoms with Crippen LogP contribution in [-0.2, 0) is 16.0 Å². The highest BCUT2D eigenvalue weighted by Crippen LogP contribution is 2.38. The zero-order chi connectivity index (χ0) is 54.6. The van der Waals surface area contributed by atoms with Crippen molar-refractivity contribution in [3.05, 3.63) is 241 Å². The van der Waals surface area contributed by atoms with Crippen molar-refractivity contribution in [2.45, 2.75) is 27.2 Å². The lowest BCUT2D eigenvalue weighted by Crippen LogP contribution is -2.30. The van der Waals surface area contributed by atoms with E-state index in [-0.39, 0.29) is 72.9 Å². The monoisotopic (exact) mass is 1030 g/mol. The van der Waals surface area contributed by atoms with Crippen molar-refractivity contribution in [1.82, 2.24) is 4.90 Å². The zero-order valence-corrected chi connectivity index (χ0v) is 42.2. The molecule has 0 radical (unpaired) electrons. The topological polar surface area (TPSA) is 193 Å². The Morgan fingerprint density at radius 2 is 0.872 bits per heavy atom. The van der Waals surface area contributed by atoms with Crippen molar-refractivity contribution in [1.29, 1.82) is 0 Å². The van der Waals surface area contributed by atoms with Gasteiger partial charge in [-0.1, -0.05) is 66.8 Å². The first kappa shape index (κ1) is 48.6. The molecule has 0 spiro atoms. The molecule has 8 amide bonds. The standard InChI is InChI=1S/C63H42N4O11/c1-32-5-6-35(25-33(32)2)27-36-7-24-53(34(3)26-36)67-60(74)48-23-11-40(31-52(48)63(67)77)55(69)39-10-22-47-51(30-39)62(76)66(59(47)73)42-14-18-44(19-15-42)78-43-16-12-41(13-17-43)65-58(72)46-21-9-38(29-50(46)61(65)75)54(68)37-8-20-45-49(28-37)57(71)64(4)56(45)70/h5-26,28-31,45,49H,27H2,1-4H3. The molecule has 1 aliphatic carbocycles. The fraction of sp³-hybridized carbons (Fsp3) is 0.111. The molecule has 0 saturated carbocycles. The normalized spacial score (nSPS) is 17.3. The number of nitrogens with zero attached hydrogens (tertiary/aromatic N) is 4. The molecule has 0 aromatic heterocycles. The van der Waals surface area contributed by atoms with Gasteiger partial charge in [0.15, 0.2) is 11.6 Å². The van der Waals surface area contributed by atoms with Gasteiger partial charge in [0.2, 0.25) is 11.8 Å². The van der Waals surface area contributed by atoms with E-state index in [1.807, 2.05) is 19.1 Å². The average Bonchev–Trinajstić information content (AvgIpc) is 4.21. The molecule has 78 heavy (non-hydrogen) atoms. The molecule has 4 heterocycles. The number of ether oxygens (including phenoxy) is 1. The Labute approximate surface area is 445 Å². The first-order valence-corrected chi connectivity index (χ1v) is 24.9. The number of carbonyl (C=O) groups excluding carboxylic acids is 10. The second-order valence-electron chi connectivity index (χ2n) is 19.9. The molecule has 1 fully saturated rings. The summed E-state index contributed by atoms with van der Waals surface area (Å²) in [5.74, 6) is -6.11. The van der Waals surface area contributed by atoms with Crippen LogP contribution in [0.15, 0.2) is 163 Å². The molecule has 2 unspecified atom stereocenters. The lowest BCUT2D eigenvalue weighted by molar-refractivity contribution is -0.137. The number of Topliss-reactive ketones (excluding diaryl/α,β-unsaturated/α-hetero) is 1. The maximum Gasteiger partial charge on any atom is 0.266 e. The van der Waals surface area contributed by atoms with Crippen LogP contribution in [0, 0.1) is 32.6 Å². The summed E-state index contributed by atoms with van der Waals surface area (Å²) in [5, 5.41) is 0. The minimum absolute atomic E-state index is 0.0105. The maximum atomic E-state index is 14.0. The van der Waals surface area contributed by atoms with Gasteiger partial charge >= 0.3 is 0 Å².